The third-order valence-electron chi connectivity index (χ3n) is 9.57. The number of halogens is 6. The molecule has 0 N–H and O–H groups in total. The second-order valence-electron chi connectivity index (χ2n) is 13.8. The van der Waals surface area contributed by atoms with E-state index in [1.165, 1.54) is 4.90 Å². The Labute approximate surface area is 266 Å². The van der Waals surface area contributed by atoms with E-state index in [1.54, 1.807) is 0 Å². The van der Waals surface area contributed by atoms with Gasteiger partial charge in [-0.15, -0.1) is 0 Å². The number of hydrogen-bond acceptors (Lipinski definition) is 4. The molecule has 0 saturated carbocycles. The van der Waals surface area contributed by atoms with Gasteiger partial charge < -0.3 is 9.80 Å². The molecule has 2 aromatic carbocycles. The summed E-state index contributed by atoms with van der Waals surface area (Å²) >= 11 is 0. The molecule has 3 aliphatic heterocycles. The maximum absolute atomic E-state index is 13.7. The molecular weight excluding hydrogens is 610 g/mol. The van der Waals surface area contributed by atoms with Gasteiger partial charge >= 0.3 is 12.4 Å². The first-order valence-corrected chi connectivity index (χ1v) is 15.9. The van der Waals surface area contributed by atoms with Gasteiger partial charge in [-0.3, -0.25) is 19.4 Å². The van der Waals surface area contributed by atoms with Crippen LogP contribution in [0.3, 0.4) is 0 Å². The molecular formula is C34H42F6N4O2. The van der Waals surface area contributed by atoms with Crippen molar-refractivity contribution in [2.45, 2.75) is 76.9 Å². The molecule has 5 rings (SSSR count). The largest absolute Gasteiger partial charge is 0.416 e. The number of carbonyl (C=O) groups is 2. The summed E-state index contributed by atoms with van der Waals surface area (Å²) in [7, 11) is 0. The van der Waals surface area contributed by atoms with E-state index in [-0.39, 0.29) is 24.6 Å². The normalized spacial score (nSPS) is 24.0. The Morgan fingerprint density at radius 3 is 1.83 bits per heavy atom. The molecule has 3 saturated heterocycles. The molecule has 2 amide bonds. The van der Waals surface area contributed by atoms with Gasteiger partial charge in [-0.1, -0.05) is 51.1 Å². The van der Waals surface area contributed by atoms with Crippen LogP contribution in [0.25, 0.3) is 0 Å². The SMILES string of the molecule is CC(C)(C)C(=O)N1CCC(N2CCN(C3CCN(C(=O)c4cc(C(F)(F)F)cc(C(F)(F)F)c4)C(Cc4ccccc4)C3)CC2)C1. The topological polar surface area (TPSA) is 47.1 Å². The fourth-order valence-electron chi connectivity index (χ4n) is 7.12. The van der Waals surface area contributed by atoms with Crippen molar-refractivity contribution in [2.24, 2.45) is 5.41 Å². The van der Waals surface area contributed by atoms with Crippen molar-refractivity contribution in [2.75, 3.05) is 45.8 Å². The van der Waals surface area contributed by atoms with Crippen molar-refractivity contribution in [3.8, 4) is 0 Å². The van der Waals surface area contributed by atoms with Gasteiger partial charge in [-0.05, 0) is 49.4 Å². The van der Waals surface area contributed by atoms with Gasteiger partial charge in [-0.25, -0.2) is 0 Å². The lowest BCUT2D eigenvalue weighted by Crippen LogP contribution is -2.58. The maximum Gasteiger partial charge on any atom is 0.416 e. The summed E-state index contributed by atoms with van der Waals surface area (Å²) < 4.78 is 81.4. The summed E-state index contributed by atoms with van der Waals surface area (Å²) in [6.07, 6.45) is -7.56. The molecule has 3 heterocycles. The quantitative estimate of drug-likeness (QED) is 0.361. The number of amides is 2. The molecule has 2 aromatic rings. The van der Waals surface area contributed by atoms with Crippen LogP contribution in [0, 0.1) is 5.41 Å². The predicted molar refractivity (Wildman–Crippen MR) is 162 cm³/mol. The first-order chi connectivity index (χ1) is 21.5. The fraction of sp³-hybridized carbons (Fsp3) is 0.588. The zero-order valence-electron chi connectivity index (χ0n) is 26.5. The number of rotatable bonds is 5. The molecule has 3 aliphatic rings. The van der Waals surface area contributed by atoms with Gasteiger partial charge in [0.25, 0.3) is 5.91 Å². The summed E-state index contributed by atoms with van der Waals surface area (Å²) in [6, 6.07) is 10.5. The van der Waals surface area contributed by atoms with Gasteiger partial charge in [0, 0.05) is 74.9 Å². The van der Waals surface area contributed by atoms with E-state index >= 15 is 0 Å². The summed E-state index contributed by atoms with van der Waals surface area (Å²) in [5.74, 6) is -0.657. The van der Waals surface area contributed by atoms with E-state index in [0.717, 1.165) is 51.3 Å². The third kappa shape index (κ3) is 7.87. The molecule has 46 heavy (non-hydrogen) atoms. The van der Waals surface area contributed by atoms with E-state index in [2.05, 4.69) is 9.80 Å². The number of piperazine rings is 1. The third-order valence-corrected chi connectivity index (χ3v) is 9.57. The number of benzene rings is 2. The smallest absolute Gasteiger partial charge is 0.341 e. The summed E-state index contributed by atoms with van der Waals surface area (Å²) in [5, 5.41) is 0. The summed E-state index contributed by atoms with van der Waals surface area (Å²) in [5.41, 5.74) is -3.08. The van der Waals surface area contributed by atoms with Crippen molar-refractivity contribution < 1.29 is 35.9 Å². The van der Waals surface area contributed by atoms with Crippen molar-refractivity contribution in [1.82, 2.24) is 19.6 Å². The molecule has 0 aliphatic carbocycles. The maximum atomic E-state index is 13.7. The van der Waals surface area contributed by atoms with Gasteiger partial charge in [0.05, 0.1) is 11.1 Å². The first kappa shape index (κ1) is 34.2. The van der Waals surface area contributed by atoms with Gasteiger partial charge in [0.2, 0.25) is 5.91 Å². The van der Waals surface area contributed by atoms with Crippen LogP contribution in [-0.2, 0) is 23.6 Å². The molecule has 3 unspecified atom stereocenters. The highest BCUT2D eigenvalue weighted by molar-refractivity contribution is 5.95. The van der Waals surface area contributed by atoms with Crippen LogP contribution in [-0.4, -0.2) is 95.4 Å². The highest BCUT2D eigenvalue weighted by Gasteiger charge is 2.41. The lowest BCUT2D eigenvalue weighted by Gasteiger charge is -2.47. The van der Waals surface area contributed by atoms with Crippen LogP contribution in [0.15, 0.2) is 48.5 Å². The molecule has 3 atom stereocenters. The Morgan fingerprint density at radius 1 is 0.739 bits per heavy atom. The Hall–Kier alpha value is -3.12. The van der Waals surface area contributed by atoms with Crippen LogP contribution in [0.1, 0.15) is 67.1 Å². The monoisotopic (exact) mass is 652 g/mol. The van der Waals surface area contributed by atoms with Gasteiger partial charge in [0.15, 0.2) is 0 Å². The highest BCUT2D eigenvalue weighted by atomic mass is 19.4. The Morgan fingerprint density at radius 2 is 1.28 bits per heavy atom. The minimum atomic E-state index is -5.03. The molecule has 3 fully saturated rings. The van der Waals surface area contributed by atoms with E-state index in [9.17, 15) is 35.9 Å². The Kier molecular flexibility index (Phi) is 9.80. The first-order valence-electron chi connectivity index (χ1n) is 15.9. The Bertz CT molecular complexity index is 1350. The van der Waals surface area contributed by atoms with E-state index in [4.69, 9.17) is 0 Å². The number of hydrogen-bond donors (Lipinski definition) is 0. The number of likely N-dealkylation sites (tertiary alicyclic amines) is 2. The lowest BCUT2D eigenvalue weighted by molar-refractivity contribution is -0.143. The van der Waals surface area contributed by atoms with Crippen LogP contribution in [0.5, 0.6) is 0 Å². The van der Waals surface area contributed by atoms with Crippen molar-refractivity contribution >= 4 is 11.8 Å². The van der Waals surface area contributed by atoms with Gasteiger partial charge in [0.1, 0.15) is 0 Å². The van der Waals surface area contributed by atoms with Crippen LogP contribution in [0.2, 0.25) is 0 Å². The Balaban J connectivity index is 1.29. The minimum absolute atomic E-state index is 0.0512. The number of piperidine rings is 1. The summed E-state index contributed by atoms with van der Waals surface area (Å²) in [6.45, 7) is 10.8. The highest BCUT2D eigenvalue weighted by Crippen LogP contribution is 2.37. The second-order valence-corrected chi connectivity index (χ2v) is 13.8. The van der Waals surface area contributed by atoms with E-state index < -0.39 is 46.4 Å². The minimum Gasteiger partial charge on any atom is -0.341 e. The molecule has 0 aromatic heterocycles. The van der Waals surface area contributed by atoms with Gasteiger partial charge in [-0.2, -0.15) is 26.3 Å². The number of carbonyl (C=O) groups excluding carboxylic acids is 2. The predicted octanol–water partition coefficient (Wildman–Crippen LogP) is 6.20. The average molecular weight is 653 g/mol. The molecule has 0 bridgehead atoms. The average Bonchev–Trinajstić information content (AvgIpc) is 3.50. The molecule has 0 spiro atoms. The van der Waals surface area contributed by atoms with Crippen molar-refractivity contribution in [3.05, 3.63) is 70.8 Å². The second kappa shape index (κ2) is 13.2. The van der Waals surface area contributed by atoms with E-state index in [1.807, 2.05) is 56.0 Å². The van der Waals surface area contributed by atoms with E-state index in [0.29, 0.717) is 37.4 Å². The molecule has 12 heteroatoms. The van der Waals surface area contributed by atoms with Crippen molar-refractivity contribution in [1.29, 1.82) is 0 Å². The standard InChI is InChI=1S/C34H42F6N4O2/c1-32(2,3)31(46)43-11-9-28(22-43)42-15-13-41(14-16-42)27-10-12-44(29(21-27)17-23-7-5-4-6-8-23)30(45)24-18-25(33(35,36)37)20-26(19-24)34(38,39)40/h4-8,18-20,27-29H,9-17,21-22H2,1-3H3. The summed E-state index contributed by atoms with van der Waals surface area (Å²) in [4.78, 5) is 34.8. The lowest BCUT2D eigenvalue weighted by atomic mass is 9.90. The fourth-order valence-corrected chi connectivity index (χ4v) is 7.12. The number of alkyl halides is 6. The van der Waals surface area contributed by atoms with Crippen molar-refractivity contribution in [3.63, 3.8) is 0 Å². The number of nitrogens with zero attached hydrogens (tertiary/aromatic N) is 4. The van der Waals surface area contributed by atoms with Crippen LogP contribution < -0.4 is 0 Å². The molecule has 0 radical (unpaired) electrons. The van der Waals surface area contributed by atoms with Crippen LogP contribution >= 0.6 is 0 Å². The molecule has 252 valence electrons. The zero-order valence-corrected chi connectivity index (χ0v) is 26.5. The zero-order chi connectivity index (χ0) is 33.4. The molecule has 6 nitrogen and oxygen atoms in total. The van der Waals surface area contributed by atoms with Crippen LogP contribution in [0.4, 0.5) is 26.3 Å².